The Kier molecular flexibility index (Phi) is 3.56. The summed E-state index contributed by atoms with van der Waals surface area (Å²) in [5.41, 5.74) is 0.888. The summed E-state index contributed by atoms with van der Waals surface area (Å²) in [5.74, 6) is 0.285. The number of aromatic nitrogens is 2. The van der Waals surface area contributed by atoms with Crippen LogP contribution in [-0.2, 0) is 6.54 Å². The van der Waals surface area contributed by atoms with Crippen LogP contribution in [0.25, 0.3) is 11.3 Å². The molecule has 2 aromatic heterocycles. The van der Waals surface area contributed by atoms with E-state index < -0.39 is 0 Å². The standard InChI is InChI=1S/C14H11N3O2S/c18-13(16-9-12-15-6-7-20-12)14-17-8-11(19-14)10-4-2-1-3-5-10/h1-8H,9H2,(H,16,18). The lowest BCUT2D eigenvalue weighted by Gasteiger charge is -1.99. The molecule has 100 valence electrons. The maximum absolute atomic E-state index is 11.9. The molecule has 3 aromatic rings. The highest BCUT2D eigenvalue weighted by molar-refractivity contribution is 7.09. The van der Waals surface area contributed by atoms with Crippen molar-refractivity contribution in [2.45, 2.75) is 6.54 Å². The van der Waals surface area contributed by atoms with Crippen LogP contribution in [0, 0.1) is 0 Å². The van der Waals surface area contributed by atoms with E-state index in [9.17, 15) is 4.79 Å². The Labute approximate surface area is 119 Å². The molecular weight excluding hydrogens is 274 g/mol. The van der Waals surface area contributed by atoms with Gasteiger partial charge < -0.3 is 9.73 Å². The van der Waals surface area contributed by atoms with Gasteiger partial charge in [-0.2, -0.15) is 0 Å². The van der Waals surface area contributed by atoms with E-state index in [2.05, 4.69) is 15.3 Å². The second-order valence-electron chi connectivity index (χ2n) is 4.00. The van der Waals surface area contributed by atoms with Crippen LogP contribution in [0.5, 0.6) is 0 Å². The summed E-state index contributed by atoms with van der Waals surface area (Å²) in [6, 6.07) is 9.52. The summed E-state index contributed by atoms with van der Waals surface area (Å²) in [6.07, 6.45) is 3.25. The van der Waals surface area contributed by atoms with Crippen molar-refractivity contribution in [1.29, 1.82) is 0 Å². The Bertz CT molecular complexity index is 692. The fourth-order valence-electron chi connectivity index (χ4n) is 1.69. The van der Waals surface area contributed by atoms with E-state index in [-0.39, 0.29) is 11.8 Å². The molecule has 2 heterocycles. The SMILES string of the molecule is O=C(NCc1nccs1)c1ncc(-c2ccccc2)o1. The maximum atomic E-state index is 11.9. The van der Waals surface area contributed by atoms with Gasteiger partial charge in [0.25, 0.3) is 5.89 Å². The second kappa shape index (κ2) is 5.66. The van der Waals surface area contributed by atoms with Crippen molar-refractivity contribution in [3.63, 3.8) is 0 Å². The summed E-state index contributed by atoms with van der Waals surface area (Å²) in [5, 5.41) is 5.42. The molecule has 20 heavy (non-hydrogen) atoms. The quantitative estimate of drug-likeness (QED) is 0.800. The highest BCUT2D eigenvalue weighted by Gasteiger charge is 2.14. The first kappa shape index (κ1) is 12.6. The maximum Gasteiger partial charge on any atom is 0.307 e. The summed E-state index contributed by atoms with van der Waals surface area (Å²) >= 11 is 1.49. The van der Waals surface area contributed by atoms with E-state index in [1.54, 1.807) is 12.4 Å². The molecule has 3 rings (SSSR count). The van der Waals surface area contributed by atoms with Gasteiger partial charge in [0.05, 0.1) is 12.7 Å². The zero-order valence-corrected chi connectivity index (χ0v) is 11.3. The van der Waals surface area contributed by atoms with Gasteiger partial charge in [-0.25, -0.2) is 9.97 Å². The van der Waals surface area contributed by atoms with Gasteiger partial charge in [0, 0.05) is 17.1 Å². The Morgan fingerprint density at radius 3 is 2.85 bits per heavy atom. The van der Waals surface area contributed by atoms with E-state index in [4.69, 9.17) is 4.42 Å². The average molecular weight is 285 g/mol. The number of benzene rings is 1. The van der Waals surface area contributed by atoms with Crippen LogP contribution in [0.4, 0.5) is 0 Å². The number of hydrogen-bond donors (Lipinski definition) is 1. The fraction of sp³-hybridized carbons (Fsp3) is 0.0714. The molecule has 0 atom stereocenters. The summed E-state index contributed by atoms with van der Waals surface area (Å²) in [7, 11) is 0. The van der Waals surface area contributed by atoms with Gasteiger partial charge in [-0.1, -0.05) is 30.3 Å². The van der Waals surface area contributed by atoms with E-state index >= 15 is 0 Å². The molecule has 1 aromatic carbocycles. The molecule has 0 unspecified atom stereocenters. The molecule has 0 fully saturated rings. The second-order valence-corrected chi connectivity index (χ2v) is 4.98. The first-order valence-electron chi connectivity index (χ1n) is 6.01. The van der Waals surface area contributed by atoms with Gasteiger partial charge in [-0.05, 0) is 0 Å². The molecule has 5 nitrogen and oxygen atoms in total. The molecule has 0 saturated heterocycles. The Morgan fingerprint density at radius 2 is 2.10 bits per heavy atom. The molecule has 0 aliphatic heterocycles. The highest BCUT2D eigenvalue weighted by atomic mass is 32.1. The zero-order valence-electron chi connectivity index (χ0n) is 10.4. The topological polar surface area (TPSA) is 68.0 Å². The van der Waals surface area contributed by atoms with Crippen molar-refractivity contribution in [2.75, 3.05) is 0 Å². The number of hydrogen-bond acceptors (Lipinski definition) is 5. The predicted octanol–water partition coefficient (Wildman–Crippen LogP) is 2.73. The smallest absolute Gasteiger partial charge is 0.307 e. The molecule has 1 amide bonds. The number of carbonyl (C=O) groups excluding carboxylic acids is 1. The summed E-state index contributed by atoms with van der Waals surface area (Å²) in [4.78, 5) is 20.0. The number of rotatable bonds is 4. The number of oxazole rings is 1. The Balaban J connectivity index is 1.69. The van der Waals surface area contributed by atoms with E-state index in [1.807, 2.05) is 35.7 Å². The number of thiazole rings is 1. The lowest BCUT2D eigenvalue weighted by Crippen LogP contribution is -2.22. The van der Waals surface area contributed by atoms with Gasteiger partial charge in [0.15, 0.2) is 5.76 Å². The Morgan fingerprint density at radius 1 is 1.25 bits per heavy atom. The monoisotopic (exact) mass is 285 g/mol. The molecule has 0 aliphatic carbocycles. The number of nitrogens with one attached hydrogen (secondary N) is 1. The van der Waals surface area contributed by atoms with Crippen LogP contribution in [0.1, 0.15) is 15.7 Å². The molecule has 0 saturated carbocycles. The lowest BCUT2D eigenvalue weighted by molar-refractivity contribution is 0.0917. The van der Waals surface area contributed by atoms with Crippen molar-refractivity contribution in [3.8, 4) is 11.3 Å². The van der Waals surface area contributed by atoms with Crippen LogP contribution in [-0.4, -0.2) is 15.9 Å². The minimum absolute atomic E-state index is 0.0559. The van der Waals surface area contributed by atoms with E-state index in [0.29, 0.717) is 12.3 Å². The number of carbonyl (C=O) groups is 1. The average Bonchev–Trinajstić information content (AvgIpc) is 3.17. The van der Waals surface area contributed by atoms with Crippen LogP contribution < -0.4 is 5.32 Å². The Hall–Kier alpha value is -2.47. The van der Waals surface area contributed by atoms with Crippen molar-refractivity contribution < 1.29 is 9.21 Å². The van der Waals surface area contributed by atoms with E-state index in [0.717, 1.165) is 10.6 Å². The third kappa shape index (κ3) is 2.75. The van der Waals surface area contributed by atoms with Crippen molar-refractivity contribution in [3.05, 3.63) is 59.0 Å². The molecular formula is C14H11N3O2S. The van der Waals surface area contributed by atoms with Crippen molar-refractivity contribution >= 4 is 17.2 Å². The van der Waals surface area contributed by atoms with Crippen molar-refractivity contribution in [2.24, 2.45) is 0 Å². The third-order valence-electron chi connectivity index (χ3n) is 2.64. The van der Waals surface area contributed by atoms with Crippen LogP contribution >= 0.6 is 11.3 Å². The molecule has 6 heteroatoms. The minimum atomic E-state index is -0.345. The molecule has 0 radical (unpaired) electrons. The van der Waals surface area contributed by atoms with Gasteiger partial charge in [0.1, 0.15) is 5.01 Å². The normalized spacial score (nSPS) is 10.4. The van der Waals surface area contributed by atoms with Crippen LogP contribution in [0.3, 0.4) is 0 Å². The van der Waals surface area contributed by atoms with Crippen LogP contribution in [0.2, 0.25) is 0 Å². The molecule has 0 bridgehead atoms. The first-order chi connectivity index (χ1) is 9.83. The van der Waals surface area contributed by atoms with Crippen LogP contribution in [0.15, 0.2) is 52.5 Å². The van der Waals surface area contributed by atoms with Gasteiger partial charge >= 0.3 is 5.91 Å². The summed E-state index contributed by atoms with van der Waals surface area (Å²) < 4.78 is 5.46. The third-order valence-corrected chi connectivity index (χ3v) is 3.42. The van der Waals surface area contributed by atoms with Crippen molar-refractivity contribution in [1.82, 2.24) is 15.3 Å². The zero-order chi connectivity index (χ0) is 13.8. The molecule has 0 spiro atoms. The van der Waals surface area contributed by atoms with Gasteiger partial charge in [0.2, 0.25) is 0 Å². The van der Waals surface area contributed by atoms with Gasteiger partial charge in [-0.15, -0.1) is 11.3 Å². The fourth-order valence-corrected chi connectivity index (χ4v) is 2.24. The molecule has 0 aliphatic rings. The number of nitrogens with zero attached hydrogens (tertiary/aromatic N) is 2. The van der Waals surface area contributed by atoms with E-state index in [1.165, 1.54) is 11.3 Å². The molecule has 1 N–H and O–H groups in total. The lowest BCUT2D eigenvalue weighted by atomic mass is 10.2. The minimum Gasteiger partial charge on any atom is -0.432 e. The summed E-state index contributed by atoms with van der Waals surface area (Å²) in [6.45, 7) is 0.375. The highest BCUT2D eigenvalue weighted by Crippen LogP contribution is 2.19. The predicted molar refractivity (Wildman–Crippen MR) is 75.2 cm³/mol. The van der Waals surface area contributed by atoms with Gasteiger partial charge in [-0.3, -0.25) is 4.79 Å². The number of amides is 1. The first-order valence-corrected chi connectivity index (χ1v) is 6.89. The largest absolute Gasteiger partial charge is 0.432 e.